The van der Waals surface area contributed by atoms with E-state index in [0.717, 1.165) is 32.5 Å². The minimum atomic E-state index is -0.981. The molecule has 19 heavy (non-hydrogen) atoms. The molecule has 1 aliphatic heterocycles. The number of carboxylic acids is 1. The Kier molecular flexibility index (Phi) is 6.08. The zero-order chi connectivity index (χ0) is 14.4. The molecule has 6 heteroatoms. The molecule has 0 saturated carbocycles. The van der Waals surface area contributed by atoms with Gasteiger partial charge in [-0.2, -0.15) is 0 Å². The Morgan fingerprint density at radius 2 is 1.95 bits per heavy atom. The van der Waals surface area contributed by atoms with Crippen molar-refractivity contribution in [2.24, 2.45) is 0 Å². The first-order valence-electron chi connectivity index (χ1n) is 6.98. The van der Waals surface area contributed by atoms with E-state index in [1.165, 1.54) is 0 Å². The van der Waals surface area contributed by atoms with E-state index in [-0.39, 0.29) is 12.1 Å². The maximum Gasteiger partial charge on any atom is 0.326 e. The van der Waals surface area contributed by atoms with Crippen molar-refractivity contribution in [3.63, 3.8) is 0 Å². The first-order chi connectivity index (χ1) is 8.99. The molecule has 0 aliphatic carbocycles. The summed E-state index contributed by atoms with van der Waals surface area (Å²) in [5.74, 6) is -0.981. The van der Waals surface area contributed by atoms with Gasteiger partial charge in [0.05, 0.1) is 0 Å². The van der Waals surface area contributed by atoms with Gasteiger partial charge in [-0.05, 0) is 25.8 Å². The van der Waals surface area contributed by atoms with E-state index < -0.39 is 12.0 Å². The molecule has 0 aromatic carbocycles. The van der Waals surface area contributed by atoms with E-state index in [1.807, 2.05) is 0 Å². The number of carbonyl (C=O) groups excluding carboxylic acids is 1. The monoisotopic (exact) mass is 271 g/mol. The Hall–Kier alpha value is -1.30. The quantitative estimate of drug-likeness (QED) is 0.781. The lowest BCUT2D eigenvalue weighted by Crippen LogP contribution is -2.52. The third kappa shape index (κ3) is 4.38. The highest BCUT2D eigenvalue weighted by Crippen LogP contribution is 2.15. The maximum atomic E-state index is 12.0. The van der Waals surface area contributed by atoms with E-state index in [2.05, 4.69) is 17.1 Å². The second-order valence-electron chi connectivity index (χ2n) is 5.02. The highest BCUT2D eigenvalue weighted by atomic mass is 16.4. The molecule has 0 aromatic heterocycles. The van der Waals surface area contributed by atoms with Crippen LogP contribution >= 0.6 is 0 Å². The lowest BCUT2D eigenvalue weighted by Gasteiger charge is -2.36. The Morgan fingerprint density at radius 1 is 1.37 bits per heavy atom. The molecule has 1 rings (SSSR count). The van der Waals surface area contributed by atoms with Gasteiger partial charge < -0.3 is 20.2 Å². The van der Waals surface area contributed by atoms with Crippen LogP contribution in [0.4, 0.5) is 4.79 Å². The van der Waals surface area contributed by atoms with E-state index in [4.69, 9.17) is 5.11 Å². The van der Waals surface area contributed by atoms with Crippen molar-refractivity contribution in [3.8, 4) is 0 Å². The van der Waals surface area contributed by atoms with Gasteiger partial charge in [0.2, 0.25) is 0 Å². The minimum Gasteiger partial charge on any atom is -0.480 e. The standard InChI is InChI=1S/C13H25N3O3/c1-4-11(12(17)18)14-13(19)15(3)10-6-8-16(5-2)9-7-10/h10-11H,4-9H2,1-3H3,(H,14,19)(H,17,18). The van der Waals surface area contributed by atoms with Crippen LogP contribution in [-0.4, -0.2) is 65.7 Å². The number of hydrogen-bond donors (Lipinski definition) is 2. The van der Waals surface area contributed by atoms with Gasteiger partial charge in [0, 0.05) is 26.2 Å². The molecule has 0 radical (unpaired) electrons. The molecule has 6 nitrogen and oxygen atoms in total. The van der Waals surface area contributed by atoms with Crippen molar-refractivity contribution >= 4 is 12.0 Å². The molecular weight excluding hydrogens is 246 g/mol. The summed E-state index contributed by atoms with van der Waals surface area (Å²) >= 11 is 0. The van der Waals surface area contributed by atoms with Crippen LogP contribution in [0.2, 0.25) is 0 Å². The first kappa shape index (κ1) is 15.8. The third-order valence-electron chi connectivity index (χ3n) is 3.88. The van der Waals surface area contributed by atoms with Crippen molar-refractivity contribution in [1.29, 1.82) is 0 Å². The number of amides is 2. The summed E-state index contributed by atoms with van der Waals surface area (Å²) in [5.41, 5.74) is 0. The summed E-state index contributed by atoms with van der Waals surface area (Å²) in [4.78, 5) is 26.9. The van der Waals surface area contributed by atoms with Gasteiger partial charge in [-0.3, -0.25) is 0 Å². The first-order valence-corrected chi connectivity index (χ1v) is 6.98. The van der Waals surface area contributed by atoms with Gasteiger partial charge in [0.25, 0.3) is 0 Å². The number of urea groups is 1. The molecule has 1 atom stereocenters. The summed E-state index contributed by atoms with van der Waals surface area (Å²) in [5, 5.41) is 11.5. The fourth-order valence-corrected chi connectivity index (χ4v) is 2.38. The number of hydrogen-bond acceptors (Lipinski definition) is 3. The van der Waals surface area contributed by atoms with Crippen LogP contribution in [-0.2, 0) is 4.79 Å². The van der Waals surface area contributed by atoms with Crippen molar-refractivity contribution in [3.05, 3.63) is 0 Å². The topological polar surface area (TPSA) is 72.9 Å². The molecule has 1 unspecified atom stereocenters. The van der Waals surface area contributed by atoms with Crippen molar-refractivity contribution in [2.75, 3.05) is 26.7 Å². The highest BCUT2D eigenvalue weighted by Gasteiger charge is 2.27. The summed E-state index contributed by atoms with van der Waals surface area (Å²) in [6, 6.07) is -0.885. The van der Waals surface area contributed by atoms with Crippen molar-refractivity contribution < 1.29 is 14.7 Å². The molecule has 1 heterocycles. The van der Waals surface area contributed by atoms with Gasteiger partial charge in [0.1, 0.15) is 6.04 Å². The highest BCUT2D eigenvalue weighted by molar-refractivity contribution is 5.82. The number of aliphatic carboxylic acids is 1. The molecule has 2 N–H and O–H groups in total. The Labute approximate surface area is 114 Å². The number of piperidine rings is 1. The van der Waals surface area contributed by atoms with Gasteiger partial charge in [0.15, 0.2) is 0 Å². The lowest BCUT2D eigenvalue weighted by molar-refractivity contribution is -0.139. The molecule has 2 amide bonds. The smallest absolute Gasteiger partial charge is 0.326 e. The van der Waals surface area contributed by atoms with Gasteiger partial charge in [-0.1, -0.05) is 13.8 Å². The van der Waals surface area contributed by atoms with Crippen LogP contribution in [0.25, 0.3) is 0 Å². The predicted molar refractivity (Wildman–Crippen MR) is 73.1 cm³/mol. The molecule has 0 spiro atoms. The molecule has 1 fully saturated rings. The number of carbonyl (C=O) groups is 2. The van der Waals surface area contributed by atoms with Gasteiger partial charge in [-0.25, -0.2) is 9.59 Å². The Bertz CT molecular complexity index is 314. The third-order valence-corrected chi connectivity index (χ3v) is 3.88. The minimum absolute atomic E-state index is 0.203. The second kappa shape index (κ2) is 7.33. The predicted octanol–water partition coefficient (Wildman–Crippen LogP) is 0.975. The largest absolute Gasteiger partial charge is 0.480 e. The van der Waals surface area contributed by atoms with Gasteiger partial charge >= 0.3 is 12.0 Å². The number of nitrogens with zero attached hydrogens (tertiary/aromatic N) is 2. The number of likely N-dealkylation sites (tertiary alicyclic amines) is 1. The summed E-state index contributed by atoms with van der Waals surface area (Å²) in [6.45, 7) is 6.91. The molecular formula is C13H25N3O3. The zero-order valence-electron chi connectivity index (χ0n) is 12.1. The van der Waals surface area contributed by atoms with E-state index in [0.29, 0.717) is 6.42 Å². The fraction of sp³-hybridized carbons (Fsp3) is 0.846. The summed E-state index contributed by atoms with van der Waals surface area (Å²) in [7, 11) is 1.75. The molecule has 0 bridgehead atoms. The van der Waals surface area contributed by atoms with Gasteiger partial charge in [-0.15, -0.1) is 0 Å². The molecule has 1 saturated heterocycles. The van der Waals surface area contributed by atoms with Crippen LogP contribution in [0.15, 0.2) is 0 Å². The fourth-order valence-electron chi connectivity index (χ4n) is 2.38. The van der Waals surface area contributed by atoms with Crippen molar-refractivity contribution in [1.82, 2.24) is 15.1 Å². The number of rotatable bonds is 5. The van der Waals surface area contributed by atoms with Crippen molar-refractivity contribution in [2.45, 2.75) is 45.2 Å². The lowest BCUT2D eigenvalue weighted by atomic mass is 10.0. The van der Waals surface area contributed by atoms with E-state index in [9.17, 15) is 9.59 Å². The average molecular weight is 271 g/mol. The summed E-state index contributed by atoms with van der Waals surface area (Å²) < 4.78 is 0. The second-order valence-corrected chi connectivity index (χ2v) is 5.02. The van der Waals surface area contributed by atoms with Crippen LogP contribution in [0.3, 0.4) is 0 Å². The SMILES string of the molecule is CCC(NC(=O)N(C)C1CCN(CC)CC1)C(=O)O. The molecule has 110 valence electrons. The van der Waals surface area contributed by atoms with Crippen LogP contribution in [0.5, 0.6) is 0 Å². The Morgan fingerprint density at radius 3 is 2.37 bits per heavy atom. The number of nitrogens with one attached hydrogen (secondary N) is 1. The molecule has 1 aliphatic rings. The normalized spacial score (nSPS) is 18.9. The molecule has 0 aromatic rings. The van der Waals surface area contributed by atoms with E-state index >= 15 is 0 Å². The maximum absolute atomic E-state index is 12.0. The van der Waals surface area contributed by atoms with Crippen LogP contribution in [0, 0.1) is 0 Å². The summed E-state index contributed by atoms with van der Waals surface area (Å²) in [6.07, 6.45) is 2.28. The zero-order valence-corrected chi connectivity index (χ0v) is 12.1. The Balaban J connectivity index is 2.46. The van der Waals surface area contributed by atoms with Crippen LogP contribution in [0.1, 0.15) is 33.1 Å². The average Bonchev–Trinajstić information content (AvgIpc) is 2.43. The van der Waals surface area contributed by atoms with E-state index in [1.54, 1.807) is 18.9 Å². The number of carboxylic acid groups (broad SMARTS) is 1. The van der Waals surface area contributed by atoms with Crippen LogP contribution < -0.4 is 5.32 Å².